The van der Waals surface area contributed by atoms with Gasteiger partial charge in [-0.3, -0.25) is 9.89 Å². The zero-order chi connectivity index (χ0) is 14.0. The van der Waals surface area contributed by atoms with Crippen molar-refractivity contribution in [2.45, 2.75) is 26.8 Å². The first kappa shape index (κ1) is 13.1. The summed E-state index contributed by atoms with van der Waals surface area (Å²) in [6.07, 6.45) is 0. The highest BCUT2D eigenvalue weighted by atomic mass is 16.1. The van der Waals surface area contributed by atoms with Crippen molar-refractivity contribution in [1.29, 1.82) is 0 Å². The van der Waals surface area contributed by atoms with Crippen molar-refractivity contribution >= 4 is 11.6 Å². The van der Waals surface area contributed by atoms with E-state index in [4.69, 9.17) is 5.73 Å². The van der Waals surface area contributed by atoms with Crippen LogP contribution >= 0.6 is 0 Å². The average molecular weight is 258 g/mol. The number of nitrogens with one attached hydrogen (secondary N) is 2. The van der Waals surface area contributed by atoms with E-state index in [0.717, 1.165) is 28.2 Å². The van der Waals surface area contributed by atoms with E-state index in [1.54, 1.807) is 0 Å². The number of H-pyrrole nitrogens is 1. The van der Waals surface area contributed by atoms with Crippen LogP contribution in [0.5, 0.6) is 0 Å². The molecule has 1 aromatic heterocycles. The third-order valence-corrected chi connectivity index (χ3v) is 3.09. The van der Waals surface area contributed by atoms with E-state index >= 15 is 0 Å². The summed E-state index contributed by atoms with van der Waals surface area (Å²) >= 11 is 0. The molecule has 5 heteroatoms. The monoisotopic (exact) mass is 258 g/mol. The summed E-state index contributed by atoms with van der Waals surface area (Å²) in [6.45, 7) is 5.73. The molecule has 2 aromatic rings. The van der Waals surface area contributed by atoms with Gasteiger partial charge in [-0.15, -0.1) is 0 Å². The Morgan fingerprint density at radius 1 is 1.37 bits per heavy atom. The molecular formula is C14H18N4O. The molecule has 1 heterocycles. The molecule has 0 radical (unpaired) electrons. The predicted octanol–water partition coefficient (Wildman–Crippen LogP) is 1.97. The molecule has 0 aliphatic carbocycles. The Kier molecular flexibility index (Phi) is 3.55. The molecule has 0 aliphatic rings. The lowest BCUT2D eigenvalue weighted by Crippen LogP contribution is -2.28. The average Bonchev–Trinajstić information content (AvgIpc) is 2.66. The number of rotatable bonds is 4. The second-order valence-electron chi connectivity index (χ2n) is 4.70. The van der Waals surface area contributed by atoms with Gasteiger partial charge in [0.2, 0.25) is 5.91 Å². The summed E-state index contributed by atoms with van der Waals surface area (Å²) in [4.78, 5) is 11.7. The number of carbonyl (C=O) groups is 1. The molecule has 0 saturated heterocycles. The van der Waals surface area contributed by atoms with Gasteiger partial charge in [0.15, 0.2) is 0 Å². The number of anilines is 1. The largest absolute Gasteiger partial charge is 0.370 e. The van der Waals surface area contributed by atoms with Crippen LogP contribution in [-0.2, 0) is 4.79 Å². The standard InChI is InChI=1S/C14H18N4O/c1-8-5-4-6-11(7-8)16-13(14(15)19)12-9(2)17-18-10(12)3/h4-7,13,16H,1-3H3,(H2,15,19)(H,17,18). The highest BCUT2D eigenvalue weighted by Crippen LogP contribution is 2.24. The van der Waals surface area contributed by atoms with Crippen LogP contribution in [0.15, 0.2) is 24.3 Å². The Bertz CT molecular complexity index is 584. The fraction of sp³-hybridized carbons (Fsp3) is 0.286. The van der Waals surface area contributed by atoms with E-state index in [-0.39, 0.29) is 0 Å². The maximum absolute atomic E-state index is 11.7. The Labute approximate surface area is 112 Å². The number of aryl methyl sites for hydroxylation is 3. The SMILES string of the molecule is Cc1cccc(NC(C(N)=O)c2c(C)n[nH]c2C)c1. The minimum Gasteiger partial charge on any atom is -0.370 e. The van der Waals surface area contributed by atoms with Crippen LogP contribution in [0.3, 0.4) is 0 Å². The van der Waals surface area contributed by atoms with E-state index in [1.165, 1.54) is 0 Å². The van der Waals surface area contributed by atoms with Crippen LogP contribution in [-0.4, -0.2) is 16.1 Å². The van der Waals surface area contributed by atoms with E-state index in [0.29, 0.717) is 0 Å². The number of nitrogens with zero attached hydrogens (tertiary/aromatic N) is 1. The molecule has 0 spiro atoms. The lowest BCUT2D eigenvalue weighted by molar-refractivity contribution is -0.118. The van der Waals surface area contributed by atoms with Crippen LogP contribution < -0.4 is 11.1 Å². The van der Waals surface area contributed by atoms with Crippen LogP contribution in [0.1, 0.15) is 28.6 Å². The van der Waals surface area contributed by atoms with E-state index in [2.05, 4.69) is 15.5 Å². The van der Waals surface area contributed by atoms with E-state index < -0.39 is 11.9 Å². The predicted molar refractivity (Wildman–Crippen MR) is 74.8 cm³/mol. The Morgan fingerprint density at radius 3 is 2.63 bits per heavy atom. The molecule has 1 amide bonds. The van der Waals surface area contributed by atoms with Crippen LogP contribution in [0.4, 0.5) is 5.69 Å². The van der Waals surface area contributed by atoms with Gasteiger partial charge in [-0.25, -0.2) is 0 Å². The number of carbonyl (C=O) groups excluding carboxylic acids is 1. The van der Waals surface area contributed by atoms with Gasteiger partial charge >= 0.3 is 0 Å². The van der Waals surface area contributed by atoms with Gasteiger partial charge in [0.05, 0.1) is 5.69 Å². The molecule has 19 heavy (non-hydrogen) atoms. The molecule has 0 aliphatic heterocycles. The minimum atomic E-state index is -0.583. The normalized spacial score (nSPS) is 12.2. The topological polar surface area (TPSA) is 83.8 Å². The fourth-order valence-electron chi connectivity index (χ4n) is 2.17. The number of aromatic nitrogens is 2. The van der Waals surface area contributed by atoms with Gasteiger partial charge in [-0.1, -0.05) is 12.1 Å². The van der Waals surface area contributed by atoms with E-state index in [1.807, 2.05) is 45.0 Å². The van der Waals surface area contributed by atoms with Crippen molar-refractivity contribution in [1.82, 2.24) is 10.2 Å². The van der Waals surface area contributed by atoms with Crippen LogP contribution in [0, 0.1) is 20.8 Å². The molecule has 0 fully saturated rings. The zero-order valence-corrected chi connectivity index (χ0v) is 11.3. The first-order valence-corrected chi connectivity index (χ1v) is 6.13. The lowest BCUT2D eigenvalue weighted by atomic mass is 10.0. The first-order chi connectivity index (χ1) is 8.99. The van der Waals surface area contributed by atoms with Gasteiger partial charge in [0, 0.05) is 16.9 Å². The number of primary amides is 1. The third kappa shape index (κ3) is 2.76. The quantitative estimate of drug-likeness (QED) is 0.784. The molecule has 1 atom stereocenters. The zero-order valence-electron chi connectivity index (χ0n) is 11.3. The molecule has 0 saturated carbocycles. The molecule has 1 unspecified atom stereocenters. The van der Waals surface area contributed by atoms with Gasteiger partial charge in [0.25, 0.3) is 0 Å². The van der Waals surface area contributed by atoms with Gasteiger partial charge in [-0.2, -0.15) is 5.10 Å². The summed E-state index contributed by atoms with van der Waals surface area (Å²) in [5, 5.41) is 10.1. The molecule has 5 nitrogen and oxygen atoms in total. The summed E-state index contributed by atoms with van der Waals surface area (Å²) in [7, 11) is 0. The lowest BCUT2D eigenvalue weighted by Gasteiger charge is -2.17. The van der Waals surface area contributed by atoms with Crippen molar-refractivity contribution in [3.05, 3.63) is 46.8 Å². The number of hydrogen-bond acceptors (Lipinski definition) is 3. The summed E-state index contributed by atoms with van der Waals surface area (Å²) in [5.41, 5.74) is 9.93. The minimum absolute atomic E-state index is 0.422. The molecule has 100 valence electrons. The Morgan fingerprint density at radius 2 is 2.11 bits per heavy atom. The number of aromatic amines is 1. The summed E-state index contributed by atoms with van der Waals surface area (Å²) in [6, 6.07) is 7.23. The second kappa shape index (κ2) is 5.14. The van der Waals surface area contributed by atoms with Crippen LogP contribution in [0.25, 0.3) is 0 Å². The number of hydrogen-bond donors (Lipinski definition) is 3. The second-order valence-corrected chi connectivity index (χ2v) is 4.70. The smallest absolute Gasteiger partial charge is 0.244 e. The van der Waals surface area contributed by atoms with Crippen molar-refractivity contribution in [3.63, 3.8) is 0 Å². The summed E-state index contributed by atoms with van der Waals surface area (Å²) < 4.78 is 0. The van der Waals surface area contributed by atoms with Crippen molar-refractivity contribution in [2.24, 2.45) is 5.73 Å². The van der Waals surface area contributed by atoms with E-state index in [9.17, 15) is 4.79 Å². The maximum atomic E-state index is 11.7. The van der Waals surface area contributed by atoms with Gasteiger partial charge in [-0.05, 0) is 38.5 Å². The number of amides is 1. The Balaban J connectivity index is 2.35. The molecule has 1 aromatic carbocycles. The highest BCUT2D eigenvalue weighted by molar-refractivity contribution is 5.85. The molecule has 0 bridgehead atoms. The molecule has 2 rings (SSSR count). The number of benzene rings is 1. The molecule has 4 N–H and O–H groups in total. The van der Waals surface area contributed by atoms with Gasteiger partial charge < -0.3 is 11.1 Å². The van der Waals surface area contributed by atoms with Gasteiger partial charge in [0.1, 0.15) is 6.04 Å². The maximum Gasteiger partial charge on any atom is 0.244 e. The van der Waals surface area contributed by atoms with Crippen molar-refractivity contribution < 1.29 is 4.79 Å². The van der Waals surface area contributed by atoms with Crippen molar-refractivity contribution in [3.8, 4) is 0 Å². The fourth-order valence-corrected chi connectivity index (χ4v) is 2.17. The summed E-state index contributed by atoms with van der Waals surface area (Å²) in [5.74, 6) is -0.422. The number of nitrogens with two attached hydrogens (primary N) is 1. The third-order valence-electron chi connectivity index (χ3n) is 3.09. The Hall–Kier alpha value is -2.30. The van der Waals surface area contributed by atoms with Crippen molar-refractivity contribution in [2.75, 3.05) is 5.32 Å². The first-order valence-electron chi connectivity index (χ1n) is 6.13. The molecular weight excluding hydrogens is 240 g/mol. The highest BCUT2D eigenvalue weighted by Gasteiger charge is 2.23. The van der Waals surface area contributed by atoms with Crippen LogP contribution in [0.2, 0.25) is 0 Å².